The molecule has 0 aliphatic rings. The lowest BCUT2D eigenvalue weighted by Gasteiger charge is -1.98. The smallest absolute Gasteiger partial charge is 0.146 e. The van der Waals surface area contributed by atoms with Gasteiger partial charge in [-0.05, 0) is 14.0 Å². The van der Waals surface area contributed by atoms with Gasteiger partial charge >= 0.3 is 0 Å². The van der Waals surface area contributed by atoms with Crippen molar-refractivity contribution >= 4 is 0 Å². The molecule has 0 bridgehead atoms. The van der Waals surface area contributed by atoms with Crippen LogP contribution in [0.5, 0.6) is 0 Å². The second-order valence-electron chi connectivity index (χ2n) is 2.25. The molecule has 12 heavy (non-hydrogen) atoms. The third kappa shape index (κ3) is 2.62. The maximum Gasteiger partial charge on any atom is 0.146 e. The first-order valence-corrected chi connectivity index (χ1v) is 4.25. The van der Waals surface area contributed by atoms with Crippen molar-refractivity contribution < 1.29 is 0 Å². The molecule has 4 nitrogen and oxygen atoms in total. The van der Waals surface area contributed by atoms with Crippen LogP contribution >= 0.6 is 0 Å². The fraction of sp³-hybridized carbons (Fsp3) is 0.750. The van der Waals surface area contributed by atoms with Crippen molar-refractivity contribution in [2.75, 3.05) is 7.05 Å². The Labute approximate surface area is 74.0 Å². The predicted octanol–water partition coefficient (Wildman–Crippen LogP) is 0.869. The SMILES string of the molecule is CC.CNCc1nnc(C)n1C. The van der Waals surface area contributed by atoms with Crippen LogP contribution in [0.15, 0.2) is 0 Å². The van der Waals surface area contributed by atoms with Crippen molar-refractivity contribution in [3.63, 3.8) is 0 Å². The summed E-state index contributed by atoms with van der Waals surface area (Å²) in [5.41, 5.74) is 0. The van der Waals surface area contributed by atoms with E-state index < -0.39 is 0 Å². The van der Waals surface area contributed by atoms with Crippen LogP contribution in [0.1, 0.15) is 25.5 Å². The van der Waals surface area contributed by atoms with Gasteiger partial charge in [0.1, 0.15) is 11.6 Å². The Hall–Kier alpha value is -0.900. The molecule has 1 N–H and O–H groups in total. The summed E-state index contributed by atoms with van der Waals surface area (Å²) in [7, 11) is 3.85. The molecule has 4 heteroatoms. The van der Waals surface area contributed by atoms with Gasteiger partial charge in [-0.1, -0.05) is 13.8 Å². The molecule has 0 spiro atoms. The van der Waals surface area contributed by atoms with Crippen molar-refractivity contribution in [1.29, 1.82) is 0 Å². The quantitative estimate of drug-likeness (QED) is 0.716. The summed E-state index contributed by atoms with van der Waals surface area (Å²) in [5.74, 6) is 1.92. The van der Waals surface area contributed by atoms with Gasteiger partial charge in [-0.25, -0.2) is 0 Å². The highest BCUT2D eigenvalue weighted by Crippen LogP contribution is 1.95. The molecule has 0 fully saturated rings. The molecule has 0 saturated heterocycles. The number of hydrogen-bond donors (Lipinski definition) is 1. The Kier molecular flexibility index (Phi) is 5.28. The van der Waals surface area contributed by atoms with Gasteiger partial charge in [-0.2, -0.15) is 0 Å². The molecule has 70 valence electrons. The fourth-order valence-corrected chi connectivity index (χ4v) is 0.763. The highest BCUT2D eigenvalue weighted by molar-refractivity contribution is 4.91. The van der Waals surface area contributed by atoms with Crippen LogP contribution in [-0.2, 0) is 13.6 Å². The highest BCUT2D eigenvalue weighted by atomic mass is 15.3. The van der Waals surface area contributed by atoms with Crippen LogP contribution in [-0.4, -0.2) is 21.8 Å². The zero-order valence-electron chi connectivity index (χ0n) is 8.55. The molecule has 0 aromatic carbocycles. The molecule has 0 aliphatic heterocycles. The van der Waals surface area contributed by atoms with Gasteiger partial charge in [-0.3, -0.25) is 0 Å². The average Bonchev–Trinajstić information content (AvgIpc) is 2.41. The predicted molar refractivity (Wildman–Crippen MR) is 49.9 cm³/mol. The van der Waals surface area contributed by atoms with Crippen molar-refractivity contribution in [2.45, 2.75) is 27.3 Å². The minimum Gasteiger partial charge on any atom is -0.317 e. The minimum atomic E-state index is 0.775. The Morgan fingerprint density at radius 3 is 2.25 bits per heavy atom. The van der Waals surface area contributed by atoms with Crippen molar-refractivity contribution in [3.8, 4) is 0 Å². The Morgan fingerprint density at radius 1 is 1.33 bits per heavy atom. The fourth-order valence-electron chi connectivity index (χ4n) is 0.763. The first-order valence-electron chi connectivity index (χ1n) is 4.25. The summed E-state index contributed by atoms with van der Waals surface area (Å²) in [6.45, 7) is 6.71. The van der Waals surface area contributed by atoms with Crippen LogP contribution in [0.3, 0.4) is 0 Å². The first-order chi connectivity index (χ1) is 5.75. The van der Waals surface area contributed by atoms with Gasteiger partial charge in [-0.15, -0.1) is 10.2 Å². The number of hydrogen-bond acceptors (Lipinski definition) is 3. The standard InChI is InChI=1S/C6H12N4.C2H6/c1-5-8-9-6(4-7-2)10(5)3;1-2/h7H,4H2,1-3H3;1-2H3. The first kappa shape index (κ1) is 11.1. The summed E-state index contributed by atoms with van der Waals surface area (Å²) < 4.78 is 1.97. The molecule has 1 rings (SSSR count). The Balaban J connectivity index is 0.000000561. The van der Waals surface area contributed by atoms with E-state index in [0.717, 1.165) is 18.2 Å². The van der Waals surface area contributed by atoms with E-state index in [1.165, 1.54) is 0 Å². The van der Waals surface area contributed by atoms with Crippen LogP contribution < -0.4 is 5.32 Å². The Bertz CT molecular complexity index is 217. The van der Waals surface area contributed by atoms with E-state index in [9.17, 15) is 0 Å². The molecule has 0 amide bonds. The topological polar surface area (TPSA) is 42.7 Å². The monoisotopic (exact) mass is 170 g/mol. The summed E-state index contributed by atoms with van der Waals surface area (Å²) in [5, 5.41) is 10.9. The van der Waals surface area contributed by atoms with Crippen molar-refractivity contribution in [1.82, 2.24) is 20.1 Å². The van der Waals surface area contributed by atoms with Gasteiger partial charge in [0.25, 0.3) is 0 Å². The molecular formula is C8H18N4. The number of nitrogens with one attached hydrogen (secondary N) is 1. The highest BCUT2D eigenvalue weighted by Gasteiger charge is 2.01. The maximum absolute atomic E-state index is 3.96. The zero-order valence-corrected chi connectivity index (χ0v) is 8.55. The molecular weight excluding hydrogens is 152 g/mol. The number of aryl methyl sites for hydroxylation is 1. The van der Waals surface area contributed by atoms with Gasteiger partial charge in [0.15, 0.2) is 0 Å². The molecule has 0 saturated carbocycles. The van der Waals surface area contributed by atoms with E-state index >= 15 is 0 Å². The molecule has 1 heterocycles. The lowest BCUT2D eigenvalue weighted by atomic mass is 10.5. The van der Waals surface area contributed by atoms with Gasteiger partial charge in [0.05, 0.1) is 6.54 Å². The van der Waals surface area contributed by atoms with E-state index in [1.54, 1.807) is 0 Å². The average molecular weight is 170 g/mol. The number of rotatable bonds is 2. The van der Waals surface area contributed by atoms with Gasteiger partial charge in [0.2, 0.25) is 0 Å². The van der Waals surface area contributed by atoms with Crippen LogP contribution in [0, 0.1) is 6.92 Å². The number of nitrogens with zero attached hydrogens (tertiary/aromatic N) is 3. The summed E-state index contributed by atoms with van der Waals surface area (Å²) in [6, 6.07) is 0. The zero-order chi connectivity index (χ0) is 9.56. The third-order valence-electron chi connectivity index (χ3n) is 1.52. The van der Waals surface area contributed by atoms with Crippen LogP contribution in [0.2, 0.25) is 0 Å². The van der Waals surface area contributed by atoms with Crippen LogP contribution in [0.25, 0.3) is 0 Å². The minimum absolute atomic E-state index is 0.775. The van der Waals surface area contributed by atoms with Gasteiger partial charge in [0, 0.05) is 7.05 Å². The molecule has 0 aliphatic carbocycles. The molecule has 1 aromatic heterocycles. The second kappa shape index (κ2) is 5.71. The molecule has 0 atom stereocenters. The molecule has 0 unspecified atom stereocenters. The maximum atomic E-state index is 3.96. The van der Waals surface area contributed by atoms with E-state index in [2.05, 4.69) is 15.5 Å². The summed E-state index contributed by atoms with van der Waals surface area (Å²) in [4.78, 5) is 0. The Morgan fingerprint density at radius 2 is 1.92 bits per heavy atom. The largest absolute Gasteiger partial charge is 0.317 e. The van der Waals surface area contributed by atoms with Gasteiger partial charge < -0.3 is 9.88 Å². The normalized spacial score (nSPS) is 9.08. The van der Waals surface area contributed by atoms with Crippen molar-refractivity contribution in [2.24, 2.45) is 7.05 Å². The molecule has 1 aromatic rings. The van der Waals surface area contributed by atoms with Crippen molar-refractivity contribution in [3.05, 3.63) is 11.6 Å². The third-order valence-corrected chi connectivity index (χ3v) is 1.52. The van der Waals surface area contributed by atoms with Crippen LogP contribution in [0.4, 0.5) is 0 Å². The summed E-state index contributed by atoms with van der Waals surface area (Å²) in [6.07, 6.45) is 0. The lowest BCUT2D eigenvalue weighted by Crippen LogP contribution is -2.10. The van der Waals surface area contributed by atoms with E-state index in [0.29, 0.717) is 0 Å². The van der Waals surface area contributed by atoms with E-state index in [1.807, 2.05) is 39.4 Å². The number of aromatic nitrogens is 3. The lowest BCUT2D eigenvalue weighted by molar-refractivity contribution is 0.700. The second-order valence-corrected chi connectivity index (χ2v) is 2.25. The molecule has 0 radical (unpaired) electrons. The van der Waals surface area contributed by atoms with E-state index in [-0.39, 0.29) is 0 Å². The summed E-state index contributed by atoms with van der Waals surface area (Å²) >= 11 is 0. The van der Waals surface area contributed by atoms with E-state index in [4.69, 9.17) is 0 Å².